The Bertz CT molecular complexity index is 1180. The number of aromatic nitrogens is 1. The third-order valence-electron chi connectivity index (χ3n) is 5.17. The number of benzene rings is 1. The third-order valence-corrected chi connectivity index (χ3v) is 7.27. The first kappa shape index (κ1) is 22.0. The van der Waals surface area contributed by atoms with Gasteiger partial charge >= 0.3 is 5.97 Å². The second kappa shape index (κ2) is 9.94. The summed E-state index contributed by atoms with van der Waals surface area (Å²) in [5.74, 6) is -0.409. The van der Waals surface area contributed by atoms with Gasteiger partial charge in [0.2, 0.25) is 0 Å². The molecule has 1 aliphatic rings. The highest BCUT2D eigenvalue weighted by Gasteiger charge is 2.22. The van der Waals surface area contributed by atoms with E-state index < -0.39 is 18.5 Å². The fraction of sp³-hybridized carbons (Fsp3) is 0.304. The molecule has 0 spiro atoms. The van der Waals surface area contributed by atoms with E-state index in [-0.39, 0.29) is 5.69 Å². The Kier molecular flexibility index (Phi) is 6.83. The molecule has 0 saturated heterocycles. The van der Waals surface area contributed by atoms with Crippen LogP contribution >= 0.6 is 22.7 Å². The highest BCUT2D eigenvalue weighted by Crippen LogP contribution is 2.37. The Balaban J connectivity index is 1.36. The summed E-state index contributed by atoms with van der Waals surface area (Å²) in [5.41, 5.74) is 2.59. The van der Waals surface area contributed by atoms with Crippen molar-refractivity contribution in [3.63, 3.8) is 0 Å². The van der Waals surface area contributed by atoms with E-state index >= 15 is 0 Å². The highest BCUT2D eigenvalue weighted by atomic mass is 32.1. The summed E-state index contributed by atoms with van der Waals surface area (Å²) in [4.78, 5) is 30.2. The number of hydrogen-bond donors (Lipinski definition) is 1. The highest BCUT2D eigenvalue weighted by molar-refractivity contribution is 7.16. The van der Waals surface area contributed by atoms with Gasteiger partial charge in [0.05, 0.1) is 12.7 Å². The molecule has 4 rings (SSSR count). The zero-order chi connectivity index (χ0) is 22.5. The average Bonchev–Trinajstić information content (AvgIpc) is 3.36. The first-order valence-corrected chi connectivity index (χ1v) is 11.9. The molecule has 0 fully saturated rings. The van der Waals surface area contributed by atoms with E-state index in [4.69, 9.17) is 9.47 Å². The van der Waals surface area contributed by atoms with Gasteiger partial charge in [0, 0.05) is 15.8 Å². The van der Waals surface area contributed by atoms with Crippen LogP contribution in [0.3, 0.4) is 0 Å². The van der Waals surface area contributed by atoms with Crippen molar-refractivity contribution >= 4 is 39.6 Å². The number of hydrogen-bond acceptors (Lipinski definition) is 8. The molecule has 32 heavy (non-hydrogen) atoms. The van der Waals surface area contributed by atoms with Crippen LogP contribution in [-0.4, -0.2) is 30.6 Å². The Labute approximate surface area is 193 Å². The van der Waals surface area contributed by atoms with Gasteiger partial charge in [-0.1, -0.05) is 6.42 Å². The topological polar surface area (TPSA) is 101 Å². The maximum absolute atomic E-state index is 12.4. The van der Waals surface area contributed by atoms with Gasteiger partial charge in [-0.05, 0) is 55.5 Å². The van der Waals surface area contributed by atoms with Crippen molar-refractivity contribution in [2.75, 3.05) is 19.0 Å². The molecule has 2 aromatic heterocycles. The van der Waals surface area contributed by atoms with Gasteiger partial charge < -0.3 is 14.8 Å². The third kappa shape index (κ3) is 4.82. The number of esters is 1. The van der Waals surface area contributed by atoms with E-state index in [9.17, 15) is 14.9 Å². The van der Waals surface area contributed by atoms with E-state index in [0.29, 0.717) is 15.6 Å². The second-order valence-corrected chi connectivity index (χ2v) is 9.23. The minimum Gasteiger partial charge on any atom is -0.497 e. The molecule has 3 aromatic rings. The number of rotatable bonds is 6. The van der Waals surface area contributed by atoms with Crippen molar-refractivity contribution in [3.8, 4) is 22.4 Å². The monoisotopic (exact) mass is 467 g/mol. The number of thiophene rings is 1. The molecule has 0 unspecified atom stereocenters. The van der Waals surface area contributed by atoms with Gasteiger partial charge in [0.1, 0.15) is 21.8 Å². The van der Waals surface area contributed by atoms with Gasteiger partial charge in [0.15, 0.2) is 12.3 Å². The number of aryl methyl sites for hydroxylation is 1. The van der Waals surface area contributed by atoms with E-state index in [1.165, 1.54) is 27.6 Å². The Morgan fingerprint density at radius 1 is 1.19 bits per heavy atom. The van der Waals surface area contributed by atoms with E-state index in [1.54, 1.807) is 12.5 Å². The van der Waals surface area contributed by atoms with Gasteiger partial charge in [-0.25, -0.2) is 9.78 Å². The molecule has 1 aromatic carbocycles. The van der Waals surface area contributed by atoms with Crippen LogP contribution in [0.2, 0.25) is 0 Å². The number of methoxy groups -OCH3 is 1. The van der Waals surface area contributed by atoms with E-state index in [0.717, 1.165) is 49.0 Å². The molecule has 0 atom stereocenters. The predicted molar refractivity (Wildman–Crippen MR) is 123 cm³/mol. The van der Waals surface area contributed by atoms with Crippen LogP contribution in [0.15, 0.2) is 29.6 Å². The SMILES string of the molecule is COc1ccc(-c2nc(C(=O)OCC(=O)Nc3sc4c(c3C#N)CCCCC4)cs2)cc1. The number of carbonyl (C=O) groups is 2. The minimum atomic E-state index is -0.668. The number of anilines is 1. The van der Waals surface area contributed by atoms with Gasteiger partial charge in [-0.3, -0.25) is 4.79 Å². The van der Waals surface area contributed by atoms with Crippen LogP contribution in [0, 0.1) is 11.3 Å². The predicted octanol–water partition coefficient (Wildman–Crippen LogP) is 4.82. The van der Waals surface area contributed by atoms with Gasteiger partial charge in [-0.2, -0.15) is 5.26 Å². The van der Waals surface area contributed by atoms with Gasteiger partial charge in [-0.15, -0.1) is 22.7 Å². The van der Waals surface area contributed by atoms with Crippen molar-refractivity contribution in [3.05, 3.63) is 51.3 Å². The minimum absolute atomic E-state index is 0.147. The molecule has 1 amide bonds. The molecule has 0 bridgehead atoms. The number of amides is 1. The van der Waals surface area contributed by atoms with E-state index in [2.05, 4.69) is 16.4 Å². The molecular formula is C23H21N3O4S2. The van der Waals surface area contributed by atoms with Crippen molar-refractivity contribution in [2.45, 2.75) is 32.1 Å². The molecule has 2 heterocycles. The van der Waals surface area contributed by atoms with Crippen LogP contribution in [-0.2, 0) is 22.4 Å². The van der Waals surface area contributed by atoms with Gasteiger partial charge in [0.25, 0.3) is 5.91 Å². The van der Waals surface area contributed by atoms with E-state index in [1.807, 2.05) is 24.3 Å². The Hall–Kier alpha value is -3.22. The van der Waals surface area contributed by atoms with Crippen molar-refractivity contribution in [1.29, 1.82) is 5.26 Å². The zero-order valence-electron chi connectivity index (χ0n) is 17.5. The molecule has 0 saturated carbocycles. The smallest absolute Gasteiger partial charge is 0.358 e. The molecule has 0 radical (unpaired) electrons. The lowest BCUT2D eigenvalue weighted by Gasteiger charge is -2.05. The van der Waals surface area contributed by atoms with Crippen LogP contribution in [0.4, 0.5) is 5.00 Å². The zero-order valence-corrected chi connectivity index (χ0v) is 19.1. The summed E-state index contributed by atoms with van der Waals surface area (Å²) in [6, 6.07) is 9.57. The largest absolute Gasteiger partial charge is 0.497 e. The maximum Gasteiger partial charge on any atom is 0.358 e. The number of nitrogens with one attached hydrogen (secondary N) is 1. The van der Waals surface area contributed by atoms with Crippen LogP contribution in [0.25, 0.3) is 10.6 Å². The Morgan fingerprint density at radius 3 is 2.72 bits per heavy atom. The lowest BCUT2D eigenvalue weighted by Crippen LogP contribution is -2.21. The Morgan fingerprint density at radius 2 is 1.97 bits per heavy atom. The standard InChI is InChI=1S/C23H21N3O4S2/c1-29-15-9-7-14(8-10-15)21-25-18(13-31-21)23(28)30-12-20(27)26-22-17(11-24)16-5-3-2-4-6-19(16)32-22/h7-10,13H,2-6,12H2,1H3,(H,26,27). The molecule has 1 N–H and O–H groups in total. The quantitative estimate of drug-likeness (QED) is 0.412. The lowest BCUT2D eigenvalue weighted by molar-refractivity contribution is -0.119. The molecular weight excluding hydrogens is 446 g/mol. The average molecular weight is 468 g/mol. The van der Waals surface area contributed by atoms with Crippen LogP contribution in [0.1, 0.15) is 45.8 Å². The maximum atomic E-state index is 12.4. The summed E-state index contributed by atoms with van der Waals surface area (Å²) in [6.45, 7) is -0.443. The summed E-state index contributed by atoms with van der Waals surface area (Å²) in [5, 5.41) is 15.1. The fourth-order valence-corrected chi connectivity index (χ4v) is 5.60. The number of nitrogens with zero attached hydrogens (tertiary/aromatic N) is 2. The van der Waals surface area contributed by atoms with Crippen LogP contribution < -0.4 is 10.1 Å². The first-order valence-electron chi connectivity index (χ1n) is 10.2. The molecule has 164 valence electrons. The number of thiazole rings is 1. The first-order chi connectivity index (χ1) is 15.6. The summed E-state index contributed by atoms with van der Waals surface area (Å²) >= 11 is 2.76. The van der Waals surface area contributed by atoms with Crippen molar-refractivity contribution in [1.82, 2.24) is 4.98 Å². The summed E-state index contributed by atoms with van der Waals surface area (Å²) in [7, 11) is 1.59. The summed E-state index contributed by atoms with van der Waals surface area (Å²) in [6.07, 6.45) is 5.09. The number of fused-ring (bicyclic) bond motifs is 1. The van der Waals surface area contributed by atoms with Crippen molar-refractivity contribution in [2.24, 2.45) is 0 Å². The van der Waals surface area contributed by atoms with Crippen molar-refractivity contribution < 1.29 is 19.1 Å². The lowest BCUT2D eigenvalue weighted by atomic mass is 10.1. The number of ether oxygens (including phenoxy) is 2. The number of nitriles is 1. The fourth-order valence-electron chi connectivity index (χ4n) is 3.55. The number of carbonyl (C=O) groups excluding carboxylic acids is 2. The summed E-state index contributed by atoms with van der Waals surface area (Å²) < 4.78 is 10.3. The molecule has 7 nitrogen and oxygen atoms in total. The second-order valence-electron chi connectivity index (χ2n) is 7.27. The van der Waals surface area contributed by atoms with Crippen LogP contribution in [0.5, 0.6) is 5.75 Å². The molecule has 1 aliphatic carbocycles. The molecule has 9 heteroatoms. The normalized spacial score (nSPS) is 12.9. The molecule has 0 aliphatic heterocycles.